The standard InChI is InChI=1S/C15H25N/c1-4-16-15(12-13(2)3)11-10-14-8-6-5-7-9-14/h5-9,13,15-16H,4,10-12H2,1-3H3. The van der Waals surface area contributed by atoms with Crippen LogP contribution in [0.4, 0.5) is 0 Å². The molecule has 0 aliphatic rings. The van der Waals surface area contributed by atoms with E-state index in [1.807, 2.05) is 0 Å². The summed E-state index contributed by atoms with van der Waals surface area (Å²) in [6.45, 7) is 7.86. The summed E-state index contributed by atoms with van der Waals surface area (Å²) < 4.78 is 0. The van der Waals surface area contributed by atoms with E-state index in [1.54, 1.807) is 0 Å². The van der Waals surface area contributed by atoms with Gasteiger partial charge in [0.15, 0.2) is 0 Å². The van der Waals surface area contributed by atoms with Gasteiger partial charge in [-0.3, -0.25) is 0 Å². The number of nitrogens with one attached hydrogen (secondary N) is 1. The van der Waals surface area contributed by atoms with Crippen molar-refractivity contribution in [1.29, 1.82) is 0 Å². The number of hydrogen-bond donors (Lipinski definition) is 1. The zero-order valence-electron chi connectivity index (χ0n) is 10.9. The van der Waals surface area contributed by atoms with Crippen LogP contribution in [0.5, 0.6) is 0 Å². The van der Waals surface area contributed by atoms with Gasteiger partial charge in [-0.05, 0) is 37.3 Å². The predicted molar refractivity (Wildman–Crippen MR) is 71.7 cm³/mol. The molecule has 1 heteroatoms. The number of benzene rings is 1. The van der Waals surface area contributed by atoms with E-state index >= 15 is 0 Å². The summed E-state index contributed by atoms with van der Waals surface area (Å²) in [6.07, 6.45) is 3.71. The normalized spacial score (nSPS) is 13.0. The minimum atomic E-state index is 0.671. The van der Waals surface area contributed by atoms with E-state index in [1.165, 1.54) is 24.8 Å². The molecule has 0 radical (unpaired) electrons. The lowest BCUT2D eigenvalue weighted by molar-refractivity contribution is 0.405. The first-order valence-corrected chi connectivity index (χ1v) is 6.49. The quantitative estimate of drug-likeness (QED) is 0.738. The summed E-state index contributed by atoms with van der Waals surface area (Å²) in [6, 6.07) is 11.4. The van der Waals surface area contributed by atoms with E-state index in [4.69, 9.17) is 0 Å². The van der Waals surface area contributed by atoms with Gasteiger partial charge >= 0.3 is 0 Å². The first-order valence-electron chi connectivity index (χ1n) is 6.49. The fraction of sp³-hybridized carbons (Fsp3) is 0.600. The van der Waals surface area contributed by atoms with Crippen LogP contribution >= 0.6 is 0 Å². The zero-order chi connectivity index (χ0) is 11.8. The van der Waals surface area contributed by atoms with Crippen LogP contribution in [0.25, 0.3) is 0 Å². The molecule has 1 rings (SSSR count). The molecule has 0 aliphatic carbocycles. The van der Waals surface area contributed by atoms with Gasteiger partial charge in [0.05, 0.1) is 0 Å². The molecule has 1 N–H and O–H groups in total. The molecule has 0 amide bonds. The summed E-state index contributed by atoms with van der Waals surface area (Å²) in [5.41, 5.74) is 1.45. The van der Waals surface area contributed by atoms with Crippen molar-refractivity contribution in [3.8, 4) is 0 Å². The maximum Gasteiger partial charge on any atom is 0.00725 e. The first kappa shape index (κ1) is 13.2. The molecule has 0 fully saturated rings. The van der Waals surface area contributed by atoms with Gasteiger partial charge in [-0.25, -0.2) is 0 Å². The van der Waals surface area contributed by atoms with Crippen molar-refractivity contribution >= 4 is 0 Å². The summed E-state index contributed by atoms with van der Waals surface area (Å²) >= 11 is 0. The summed E-state index contributed by atoms with van der Waals surface area (Å²) in [5, 5.41) is 3.58. The van der Waals surface area contributed by atoms with E-state index in [9.17, 15) is 0 Å². The van der Waals surface area contributed by atoms with Crippen LogP contribution in [0, 0.1) is 5.92 Å². The van der Waals surface area contributed by atoms with Crippen LogP contribution in [0.15, 0.2) is 30.3 Å². The van der Waals surface area contributed by atoms with E-state index in [0.717, 1.165) is 12.5 Å². The Hall–Kier alpha value is -0.820. The van der Waals surface area contributed by atoms with Crippen molar-refractivity contribution in [3.63, 3.8) is 0 Å². The average molecular weight is 219 g/mol. The van der Waals surface area contributed by atoms with Crippen molar-refractivity contribution in [2.75, 3.05) is 6.54 Å². The van der Waals surface area contributed by atoms with E-state index < -0.39 is 0 Å². The molecule has 90 valence electrons. The molecular formula is C15H25N. The van der Waals surface area contributed by atoms with Crippen LogP contribution < -0.4 is 5.32 Å². The Labute approximate surface area is 100 Å². The highest BCUT2D eigenvalue weighted by Gasteiger charge is 2.09. The van der Waals surface area contributed by atoms with Crippen LogP contribution in [0.1, 0.15) is 39.2 Å². The molecule has 0 aliphatic heterocycles. The van der Waals surface area contributed by atoms with Gasteiger partial charge in [-0.15, -0.1) is 0 Å². The fourth-order valence-corrected chi connectivity index (χ4v) is 2.15. The minimum absolute atomic E-state index is 0.671. The SMILES string of the molecule is CCNC(CCc1ccccc1)CC(C)C. The van der Waals surface area contributed by atoms with Gasteiger partial charge in [-0.2, -0.15) is 0 Å². The Bertz CT molecular complexity index is 266. The van der Waals surface area contributed by atoms with E-state index in [-0.39, 0.29) is 0 Å². The fourth-order valence-electron chi connectivity index (χ4n) is 2.15. The first-order chi connectivity index (χ1) is 7.72. The third kappa shape index (κ3) is 5.32. The summed E-state index contributed by atoms with van der Waals surface area (Å²) in [5.74, 6) is 0.778. The monoisotopic (exact) mass is 219 g/mol. The molecule has 1 aromatic rings. The van der Waals surface area contributed by atoms with Gasteiger partial charge in [0, 0.05) is 6.04 Å². The molecule has 1 nitrogen and oxygen atoms in total. The topological polar surface area (TPSA) is 12.0 Å². The van der Waals surface area contributed by atoms with Gasteiger partial charge in [-0.1, -0.05) is 51.1 Å². The Balaban J connectivity index is 2.37. The second-order valence-corrected chi connectivity index (χ2v) is 4.91. The van der Waals surface area contributed by atoms with E-state index in [0.29, 0.717) is 6.04 Å². The molecule has 0 spiro atoms. The van der Waals surface area contributed by atoms with Crippen LogP contribution in [0.3, 0.4) is 0 Å². The lowest BCUT2D eigenvalue weighted by Crippen LogP contribution is -2.30. The molecule has 1 atom stereocenters. The molecule has 16 heavy (non-hydrogen) atoms. The largest absolute Gasteiger partial charge is 0.314 e. The van der Waals surface area contributed by atoms with Gasteiger partial charge in [0.1, 0.15) is 0 Å². The average Bonchev–Trinajstić information content (AvgIpc) is 2.27. The molecule has 1 aromatic carbocycles. The number of rotatable bonds is 7. The van der Waals surface area contributed by atoms with Crippen molar-refractivity contribution in [2.45, 2.75) is 46.1 Å². The van der Waals surface area contributed by atoms with Gasteiger partial charge in [0.2, 0.25) is 0 Å². The maximum atomic E-state index is 3.58. The smallest absolute Gasteiger partial charge is 0.00725 e. The van der Waals surface area contributed by atoms with Crippen molar-refractivity contribution in [3.05, 3.63) is 35.9 Å². The Morgan fingerprint density at radius 2 is 1.81 bits per heavy atom. The van der Waals surface area contributed by atoms with Crippen LogP contribution in [-0.4, -0.2) is 12.6 Å². The van der Waals surface area contributed by atoms with Gasteiger partial charge in [0.25, 0.3) is 0 Å². The third-order valence-corrected chi connectivity index (χ3v) is 2.87. The van der Waals surface area contributed by atoms with Gasteiger partial charge < -0.3 is 5.32 Å². The number of aryl methyl sites for hydroxylation is 1. The summed E-state index contributed by atoms with van der Waals surface area (Å²) in [4.78, 5) is 0. The second kappa shape index (κ2) is 7.45. The lowest BCUT2D eigenvalue weighted by atomic mass is 9.97. The van der Waals surface area contributed by atoms with Crippen molar-refractivity contribution < 1.29 is 0 Å². The predicted octanol–water partition coefficient (Wildman–Crippen LogP) is 3.64. The highest BCUT2D eigenvalue weighted by Crippen LogP contribution is 2.11. The van der Waals surface area contributed by atoms with Crippen LogP contribution in [0.2, 0.25) is 0 Å². The zero-order valence-corrected chi connectivity index (χ0v) is 10.9. The molecule has 0 heterocycles. The number of hydrogen-bond acceptors (Lipinski definition) is 1. The molecule has 0 aromatic heterocycles. The minimum Gasteiger partial charge on any atom is -0.314 e. The molecule has 0 saturated heterocycles. The van der Waals surface area contributed by atoms with Crippen molar-refractivity contribution in [2.24, 2.45) is 5.92 Å². The van der Waals surface area contributed by atoms with Crippen LogP contribution in [-0.2, 0) is 6.42 Å². The maximum absolute atomic E-state index is 3.58. The highest BCUT2D eigenvalue weighted by atomic mass is 14.9. The molecule has 0 bridgehead atoms. The lowest BCUT2D eigenvalue weighted by Gasteiger charge is -2.19. The molecule has 1 unspecified atom stereocenters. The third-order valence-electron chi connectivity index (χ3n) is 2.87. The molecule has 0 saturated carbocycles. The Morgan fingerprint density at radius 1 is 1.12 bits per heavy atom. The molecular weight excluding hydrogens is 194 g/mol. The van der Waals surface area contributed by atoms with Crippen molar-refractivity contribution in [1.82, 2.24) is 5.32 Å². The Kier molecular flexibility index (Phi) is 6.17. The highest BCUT2D eigenvalue weighted by molar-refractivity contribution is 5.14. The Morgan fingerprint density at radius 3 is 2.38 bits per heavy atom. The summed E-state index contributed by atoms with van der Waals surface area (Å²) in [7, 11) is 0. The second-order valence-electron chi connectivity index (χ2n) is 4.91. The van der Waals surface area contributed by atoms with E-state index in [2.05, 4.69) is 56.4 Å².